The fraction of sp³-hybridized carbons (Fsp3) is 0.550. The van der Waals surface area contributed by atoms with Gasteiger partial charge in [0.2, 0.25) is 0 Å². The van der Waals surface area contributed by atoms with Crippen molar-refractivity contribution in [1.82, 2.24) is 14.9 Å². The van der Waals surface area contributed by atoms with E-state index in [0.717, 1.165) is 30.8 Å². The first-order chi connectivity index (χ1) is 13.6. The SMILES string of the molecule is CN(C)c1ncccc1OC1CCN(C(=O)c2coc(C3CCOCC3)n2)C1. The van der Waals surface area contributed by atoms with Crippen LogP contribution in [0.3, 0.4) is 0 Å². The molecular weight excluding hydrogens is 360 g/mol. The van der Waals surface area contributed by atoms with E-state index < -0.39 is 0 Å². The summed E-state index contributed by atoms with van der Waals surface area (Å²) in [5.74, 6) is 2.29. The summed E-state index contributed by atoms with van der Waals surface area (Å²) in [5.41, 5.74) is 0.373. The monoisotopic (exact) mass is 386 g/mol. The Morgan fingerprint density at radius 2 is 2.11 bits per heavy atom. The molecule has 0 bridgehead atoms. The molecule has 2 aliphatic heterocycles. The number of hydrogen-bond donors (Lipinski definition) is 0. The van der Waals surface area contributed by atoms with Crippen molar-refractivity contribution in [3.8, 4) is 5.75 Å². The van der Waals surface area contributed by atoms with Gasteiger partial charge in [-0.25, -0.2) is 9.97 Å². The Kier molecular flexibility index (Phi) is 5.47. The highest BCUT2D eigenvalue weighted by Gasteiger charge is 2.31. The van der Waals surface area contributed by atoms with Crippen molar-refractivity contribution in [2.24, 2.45) is 0 Å². The van der Waals surface area contributed by atoms with Gasteiger partial charge in [0, 0.05) is 52.4 Å². The molecule has 0 aliphatic carbocycles. The third-order valence-corrected chi connectivity index (χ3v) is 5.21. The van der Waals surface area contributed by atoms with Crippen LogP contribution in [0.25, 0.3) is 0 Å². The molecule has 0 N–H and O–H groups in total. The standard InChI is InChI=1S/C20H26N4O4/c1-23(2)18-17(4-3-8-21-18)28-15-5-9-24(12-15)20(25)16-13-27-19(22-16)14-6-10-26-11-7-14/h3-4,8,13-15H,5-7,9-12H2,1-2H3. The highest BCUT2D eigenvalue weighted by atomic mass is 16.5. The van der Waals surface area contributed by atoms with E-state index in [1.807, 2.05) is 31.1 Å². The zero-order chi connectivity index (χ0) is 19.5. The molecule has 1 amide bonds. The van der Waals surface area contributed by atoms with Crippen LogP contribution in [0.1, 0.15) is 41.6 Å². The van der Waals surface area contributed by atoms with Gasteiger partial charge in [0.1, 0.15) is 12.4 Å². The molecule has 150 valence electrons. The zero-order valence-corrected chi connectivity index (χ0v) is 16.3. The van der Waals surface area contributed by atoms with E-state index in [9.17, 15) is 4.79 Å². The maximum absolute atomic E-state index is 12.8. The molecule has 0 saturated carbocycles. The molecule has 1 unspecified atom stereocenters. The summed E-state index contributed by atoms with van der Waals surface area (Å²) in [6.07, 6.45) is 5.70. The normalized spacial score (nSPS) is 20.4. The van der Waals surface area contributed by atoms with Crippen LogP contribution in [0, 0.1) is 0 Å². The van der Waals surface area contributed by atoms with Crippen molar-refractivity contribution in [2.45, 2.75) is 31.3 Å². The molecule has 0 spiro atoms. The summed E-state index contributed by atoms with van der Waals surface area (Å²) in [6, 6.07) is 3.76. The van der Waals surface area contributed by atoms with Crippen molar-refractivity contribution < 1.29 is 18.7 Å². The van der Waals surface area contributed by atoms with E-state index in [-0.39, 0.29) is 17.9 Å². The van der Waals surface area contributed by atoms with Gasteiger partial charge in [0.15, 0.2) is 23.2 Å². The minimum absolute atomic E-state index is 0.0614. The number of likely N-dealkylation sites (tertiary alicyclic amines) is 1. The Bertz CT molecular complexity index is 816. The molecule has 2 aromatic heterocycles. The number of oxazole rings is 1. The summed E-state index contributed by atoms with van der Waals surface area (Å²) in [5, 5.41) is 0. The van der Waals surface area contributed by atoms with Crippen LogP contribution in [0.2, 0.25) is 0 Å². The van der Waals surface area contributed by atoms with E-state index in [1.165, 1.54) is 6.26 Å². The molecule has 8 heteroatoms. The average Bonchev–Trinajstić information content (AvgIpc) is 3.38. The van der Waals surface area contributed by atoms with Crippen LogP contribution in [-0.4, -0.2) is 67.3 Å². The quantitative estimate of drug-likeness (QED) is 0.780. The van der Waals surface area contributed by atoms with E-state index in [1.54, 1.807) is 11.1 Å². The minimum atomic E-state index is -0.104. The Morgan fingerprint density at radius 3 is 2.89 bits per heavy atom. The third kappa shape index (κ3) is 3.96. The second-order valence-corrected chi connectivity index (χ2v) is 7.46. The van der Waals surface area contributed by atoms with Crippen molar-refractivity contribution in [1.29, 1.82) is 0 Å². The molecule has 1 atom stereocenters. The molecule has 4 rings (SSSR count). The average molecular weight is 386 g/mol. The van der Waals surface area contributed by atoms with Crippen molar-refractivity contribution in [2.75, 3.05) is 45.3 Å². The van der Waals surface area contributed by atoms with Crippen LogP contribution in [0.15, 0.2) is 29.0 Å². The van der Waals surface area contributed by atoms with Crippen LogP contribution < -0.4 is 9.64 Å². The lowest BCUT2D eigenvalue weighted by atomic mass is 10.0. The van der Waals surface area contributed by atoms with Crippen molar-refractivity contribution in [3.63, 3.8) is 0 Å². The van der Waals surface area contributed by atoms with E-state index >= 15 is 0 Å². The summed E-state index contributed by atoms with van der Waals surface area (Å²) in [6.45, 7) is 2.59. The summed E-state index contributed by atoms with van der Waals surface area (Å²) in [7, 11) is 3.86. The molecule has 4 heterocycles. The molecule has 28 heavy (non-hydrogen) atoms. The maximum atomic E-state index is 12.8. The fourth-order valence-corrected chi connectivity index (χ4v) is 3.68. The van der Waals surface area contributed by atoms with Gasteiger partial charge in [-0.15, -0.1) is 0 Å². The van der Waals surface area contributed by atoms with Gasteiger partial charge < -0.3 is 23.7 Å². The number of carbonyl (C=O) groups excluding carboxylic acids is 1. The first kappa shape index (κ1) is 18.7. The minimum Gasteiger partial charge on any atom is -0.485 e. The number of aromatic nitrogens is 2. The second kappa shape index (κ2) is 8.18. The summed E-state index contributed by atoms with van der Waals surface area (Å²) in [4.78, 5) is 25.3. The number of ether oxygens (including phenoxy) is 2. The van der Waals surface area contributed by atoms with E-state index in [4.69, 9.17) is 13.9 Å². The third-order valence-electron chi connectivity index (χ3n) is 5.21. The molecular formula is C20H26N4O4. The maximum Gasteiger partial charge on any atom is 0.275 e. The predicted molar refractivity (Wildman–Crippen MR) is 103 cm³/mol. The number of rotatable bonds is 5. The van der Waals surface area contributed by atoms with Crippen LogP contribution in [0.4, 0.5) is 5.82 Å². The Labute approximate surface area is 164 Å². The first-order valence-corrected chi connectivity index (χ1v) is 9.73. The van der Waals surface area contributed by atoms with Gasteiger partial charge in [-0.1, -0.05) is 0 Å². The number of pyridine rings is 1. The van der Waals surface area contributed by atoms with Gasteiger partial charge in [-0.2, -0.15) is 0 Å². The Balaban J connectivity index is 1.38. The summed E-state index contributed by atoms with van der Waals surface area (Å²) >= 11 is 0. The van der Waals surface area contributed by atoms with E-state index in [2.05, 4.69) is 9.97 Å². The number of amides is 1. The van der Waals surface area contributed by atoms with Gasteiger partial charge >= 0.3 is 0 Å². The second-order valence-electron chi connectivity index (χ2n) is 7.46. The van der Waals surface area contributed by atoms with E-state index in [0.29, 0.717) is 37.9 Å². The van der Waals surface area contributed by atoms with Gasteiger partial charge in [-0.3, -0.25) is 4.79 Å². The van der Waals surface area contributed by atoms with Crippen LogP contribution in [-0.2, 0) is 4.74 Å². The van der Waals surface area contributed by atoms with Crippen LogP contribution >= 0.6 is 0 Å². The fourth-order valence-electron chi connectivity index (χ4n) is 3.68. The smallest absolute Gasteiger partial charge is 0.275 e. The first-order valence-electron chi connectivity index (χ1n) is 9.73. The highest BCUT2D eigenvalue weighted by Crippen LogP contribution is 2.28. The Hall–Kier alpha value is -2.61. The molecule has 2 aliphatic rings. The molecule has 2 fully saturated rings. The topological polar surface area (TPSA) is 80.9 Å². The van der Waals surface area contributed by atoms with Gasteiger partial charge in [0.05, 0.1) is 6.54 Å². The van der Waals surface area contributed by atoms with Gasteiger partial charge in [-0.05, 0) is 25.0 Å². The molecule has 8 nitrogen and oxygen atoms in total. The lowest BCUT2D eigenvalue weighted by molar-refractivity contribution is 0.0765. The number of carbonyl (C=O) groups is 1. The molecule has 2 saturated heterocycles. The van der Waals surface area contributed by atoms with Crippen molar-refractivity contribution in [3.05, 3.63) is 36.2 Å². The zero-order valence-electron chi connectivity index (χ0n) is 16.3. The lowest BCUT2D eigenvalue weighted by Gasteiger charge is -2.20. The summed E-state index contributed by atoms with van der Waals surface area (Å²) < 4.78 is 17.1. The highest BCUT2D eigenvalue weighted by molar-refractivity contribution is 5.92. The molecule has 2 aromatic rings. The molecule has 0 aromatic carbocycles. The lowest BCUT2D eigenvalue weighted by Crippen LogP contribution is -2.31. The predicted octanol–water partition coefficient (Wildman–Crippen LogP) is 2.32. The van der Waals surface area contributed by atoms with Crippen molar-refractivity contribution >= 4 is 11.7 Å². The molecule has 0 radical (unpaired) electrons. The van der Waals surface area contributed by atoms with Crippen LogP contribution in [0.5, 0.6) is 5.75 Å². The number of hydrogen-bond acceptors (Lipinski definition) is 7. The Morgan fingerprint density at radius 1 is 1.29 bits per heavy atom. The number of nitrogens with zero attached hydrogens (tertiary/aromatic N) is 4. The van der Waals surface area contributed by atoms with Gasteiger partial charge in [0.25, 0.3) is 5.91 Å². The number of anilines is 1. The largest absolute Gasteiger partial charge is 0.485 e.